The number of amidine groups is 2. The summed E-state index contributed by atoms with van der Waals surface area (Å²) in [6.45, 7) is 2.33. The molecule has 0 atom stereocenters. The van der Waals surface area contributed by atoms with E-state index in [9.17, 15) is 9.18 Å². The van der Waals surface area contributed by atoms with Crippen LogP contribution >= 0.6 is 23.4 Å². The van der Waals surface area contributed by atoms with E-state index < -0.39 is 5.91 Å². The number of nitrogens with zero attached hydrogens (tertiary/aromatic N) is 4. The molecule has 0 unspecified atom stereocenters. The molecule has 0 radical (unpaired) electrons. The van der Waals surface area contributed by atoms with Gasteiger partial charge in [0.2, 0.25) is 5.17 Å². The molecule has 0 spiro atoms. The fourth-order valence-corrected chi connectivity index (χ4v) is 4.73. The van der Waals surface area contributed by atoms with Crippen LogP contribution in [0.4, 0.5) is 4.39 Å². The van der Waals surface area contributed by atoms with Gasteiger partial charge in [0.05, 0.1) is 17.2 Å². The summed E-state index contributed by atoms with van der Waals surface area (Å²) in [6, 6.07) is 12.9. The van der Waals surface area contributed by atoms with Crippen LogP contribution in [-0.2, 0) is 11.4 Å². The number of pyridine rings is 1. The van der Waals surface area contributed by atoms with Crippen LogP contribution in [0.3, 0.4) is 0 Å². The number of hydrogen-bond acceptors (Lipinski definition) is 7. The van der Waals surface area contributed by atoms with Gasteiger partial charge in [-0.05, 0) is 72.3 Å². The molecule has 3 aromatic rings. The van der Waals surface area contributed by atoms with Gasteiger partial charge < -0.3 is 9.47 Å². The van der Waals surface area contributed by atoms with E-state index in [2.05, 4.69) is 15.1 Å². The van der Waals surface area contributed by atoms with Crippen LogP contribution in [0.2, 0.25) is 5.02 Å². The average molecular weight is 536 g/mol. The zero-order valence-electron chi connectivity index (χ0n) is 19.4. The normalized spacial score (nSPS) is 16.0. The highest BCUT2D eigenvalue weighted by atomic mass is 35.5. The maximum absolute atomic E-state index is 13.2. The van der Waals surface area contributed by atoms with Crippen molar-refractivity contribution in [2.75, 3.05) is 6.61 Å². The van der Waals surface area contributed by atoms with Crippen molar-refractivity contribution in [3.8, 4) is 11.5 Å². The maximum Gasteiger partial charge on any atom is 0.283 e. The number of aliphatic imine (C=N–C) groups is 1. The number of hydrogen-bond donors (Lipinski definition) is 1. The standard InChI is InChI=1S/C26H19ClFN5O3S/c1-2-35-21-12-16(11-20(27)22(21)36-14-15-5-7-18(28)8-6-15)10-19-23(29)33-26(31-24(19)34)37-25(32-33)17-4-3-9-30-13-17/h3-13,29H,2,14H2,1H3/b19-10-,29-23?. The fourth-order valence-electron chi connectivity index (χ4n) is 3.58. The van der Waals surface area contributed by atoms with Gasteiger partial charge in [0, 0.05) is 18.0 Å². The molecule has 37 heavy (non-hydrogen) atoms. The van der Waals surface area contributed by atoms with Gasteiger partial charge in [-0.3, -0.25) is 15.2 Å². The first kappa shape index (κ1) is 24.7. The number of nitrogens with one attached hydrogen (secondary N) is 1. The number of aromatic nitrogens is 1. The zero-order valence-corrected chi connectivity index (χ0v) is 21.0. The molecule has 8 nitrogen and oxygen atoms in total. The quantitative estimate of drug-likeness (QED) is 0.400. The van der Waals surface area contributed by atoms with E-state index in [-0.39, 0.29) is 28.9 Å². The summed E-state index contributed by atoms with van der Waals surface area (Å²) in [5.41, 5.74) is 2.10. The van der Waals surface area contributed by atoms with Gasteiger partial charge in [0.15, 0.2) is 17.3 Å². The Hall–Kier alpha value is -4.02. The topological polar surface area (TPSA) is 100 Å². The first-order chi connectivity index (χ1) is 17.9. The number of thioether (sulfide) groups is 1. The molecular formula is C26H19ClFN5O3S. The Balaban J connectivity index is 1.42. The molecule has 0 saturated carbocycles. The van der Waals surface area contributed by atoms with E-state index in [0.29, 0.717) is 33.9 Å². The minimum absolute atomic E-state index is 0.0547. The Morgan fingerprint density at radius 2 is 2.00 bits per heavy atom. The Morgan fingerprint density at radius 1 is 1.19 bits per heavy atom. The lowest BCUT2D eigenvalue weighted by Crippen LogP contribution is -2.35. The molecule has 5 rings (SSSR count). The lowest BCUT2D eigenvalue weighted by molar-refractivity contribution is -0.114. The SMILES string of the molecule is CCOc1cc(/C=C2/C(=N)N3N=C(c4cccnc4)SC3=NC2=O)cc(Cl)c1OCc1ccc(F)cc1. The second-order valence-corrected chi connectivity index (χ2v) is 9.21. The third-order valence-electron chi connectivity index (χ3n) is 5.30. The second kappa shape index (κ2) is 10.5. The summed E-state index contributed by atoms with van der Waals surface area (Å²) in [5, 5.41) is 15.6. The summed E-state index contributed by atoms with van der Waals surface area (Å²) in [6.07, 6.45) is 4.83. The van der Waals surface area contributed by atoms with Crippen molar-refractivity contribution >= 4 is 51.4 Å². The van der Waals surface area contributed by atoms with E-state index in [4.69, 9.17) is 26.5 Å². The molecule has 0 bridgehead atoms. The summed E-state index contributed by atoms with van der Waals surface area (Å²) in [4.78, 5) is 21.0. The first-order valence-electron chi connectivity index (χ1n) is 11.2. The summed E-state index contributed by atoms with van der Waals surface area (Å²) in [7, 11) is 0. The second-order valence-electron chi connectivity index (χ2n) is 7.85. The van der Waals surface area contributed by atoms with Crippen LogP contribution in [0.5, 0.6) is 11.5 Å². The number of rotatable bonds is 7. The smallest absolute Gasteiger partial charge is 0.283 e. The van der Waals surface area contributed by atoms with Gasteiger partial charge in [-0.1, -0.05) is 23.7 Å². The molecular weight excluding hydrogens is 517 g/mol. The maximum atomic E-state index is 13.2. The molecule has 2 aliphatic rings. The van der Waals surface area contributed by atoms with Crippen LogP contribution < -0.4 is 9.47 Å². The van der Waals surface area contributed by atoms with E-state index in [1.807, 2.05) is 13.0 Å². The van der Waals surface area contributed by atoms with Gasteiger partial charge in [-0.15, -0.1) is 0 Å². The van der Waals surface area contributed by atoms with E-state index in [1.54, 1.807) is 42.7 Å². The molecule has 186 valence electrons. The monoisotopic (exact) mass is 535 g/mol. The van der Waals surface area contributed by atoms with E-state index >= 15 is 0 Å². The van der Waals surface area contributed by atoms with Crippen molar-refractivity contribution in [1.82, 2.24) is 9.99 Å². The number of amides is 1. The number of hydrazone groups is 1. The molecule has 1 amide bonds. The number of fused-ring (bicyclic) bond motifs is 1. The van der Waals surface area contributed by atoms with E-state index in [0.717, 1.165) is 11.1 Å². The van der Waals surface area contributed by atoms with Crippen LogP contribution in [0.15, 0.2) is 76.6 Å². The number of halogens is 2. The minimum atomic E-state index is -0.558. The van der Waals surface area contributed by atoms with Crippen LogP contribution in [-0.4, -0.2) is 38.6 Å². The third-order valence-corrected chi connectivity index (χ3v) is 6.54. The highest BCUT2D eigenvalue weighted by molar-refractivity contribution is 8.27. The van der Waals surface area contributed by atoms with Crippen molar-refractivity contribution in [3.63, 3.8) is 0 Å². The lowest BCUT2D eigenvalue weighted by atomic mass is 10.1. The molecule has 2 aromatic carbocycles. The number of benzene rings is 2. The first-order valence-corrected chi connectivity index (χ1v) is 12.4. The number of carbonyl (C=O) groups excluding carboxylic acids is 1. The van der Waals surface area contributed by atoms with Crippen LogP contribution in [0.25, 0.3) is 6.08 Å². The lowest BCUT2D eigenvalue weighted by Gasteiger charge is -2.20. The van der Waals surface area contributed by atoms with Crippen LogP contribution in [0, 0.1) is 11.2 Å². The third kappa shape index (κ3) is 5.25. The zero-order chi connectivity index (χ0) is 25.9. The van der Waals surface area contributed by atoms with Crippen molar-refractivity contribution in [2.45, 2.75) is 13.5 Å². The number of carbonyl (C=O) groups is 1. The largest absolute Gasteiger partial charge is 0.490 e. The molecule has 0 fully saturated rings. The number of ether oxygens (including phenoxy) is 2. The van der Waals surface area contributed by atoms with Crippen molar-refractivity contribution in [3.05, 3.63) is 94.0 Å². The average Bonchev–Trinajstić information content (AvgIpc) is 3.32. The molecule has 1 aromatic heterocycles. The molecule has 1 N–H and O–H groups in total. The Morgan fingerprint density at radius 3 is 2.73 bits per heavy atom. The van der Waals surface area contributed by atoms with Crippen molar-refractivity contribution in [1.29, 1.82) is 5.41 Å². The van der Waals surface area contributed by atoms with Gasteiger partial charge in [0.1, 0.15) is 17.5 Å². The summed E-state index contributed by atoms with van der Waals surface area (Å²) >= 11 is 7.73. The highest BCUT2D eigenvalue weighted by Crippen LogP contribution is 2.38. The Kier molecular flexibility index (Phi) is 7.02. The molecule has 0 aliphatic carbocycles. The van der Waals surface area contributed by atoms with Gasteiger partial charge in [-0.2, -0.15) is 15.1 Å². The molecule has 0 saturated heterocycles. The molecule has 11 heteroatoms. The minimum Gasteiger partial charge on any atom is -0.490 e. The van der Waals surface area contributed by atoms with Crippen LogP contribution in [0.1, 0.15) is 23.6 Å². The fraction of sp³-hybridized carbons (Fsp3) is 0.115. The Bertz CT molecular complexity index is 1480. The predicted octanol–water partition coefficient (Wildman–Crippen LogP) is 5.52. The summed E-state index contributed by atoms with van der Waals surface area (Å²) in [5.74, 6) is -0.303. The van der Waals surface area contributed by atoms with E-state index in [1.165, 1.54) is 35.0 Å². The Labute approximate surface area is 221 Å². The van der Waals surface area contributed by atoms with Gasteiger partial charge in [-0.25, -0.2) is 4.39 Å². The summed E-state index contributed by atoms with van der Waals surface area (Å²) < 4.78 is 24.8. The van der Waals surface area contributed by atoms with Gasteiger partial charge >= 0.3 is 0 Å². The molecule has 3 heterocycles. The molecule has 2 aliphatic heterocycles. The van der Waals surface area contributed by atoms with Gasteiger partial charge in [0.25, 0.3) is 5.91 Å². The predicted molar refractivity (Wildman–Crippen MR) is 142 cm³/mol. The van der Waals surface area contributed by atoms with Crippen molar-refractivity contribution in [2.24, 2.45) is 10.1 Å². The highest BCUT2D eigenvalue weighted by Gasteiger charge is 2.36. The van der Waals surface area contributed by atoms with Crippen molar-refractivity contribution < 1.29 is 18.7 Å².